The van der Waals surface area contributed by atoms with Crippen LogP contribution in [0, 0.1) is 11.3 Å². The lowest BCUT2D eigenvalue weighted by Crippen LogP contribution is -2.26. The maximum Gasteiger partial charge on any atom is 0.265 e. The number of pyridine rings is 1. The Balaban J connectivity index is 2.97. The standard InChI is InChI=1S/C10H11N3O4/c11-3-5-1-6(4-13-10(5)17)9(16)7(14)2-8(12)15/h1,4,7,9,14,16H,2H2,(H2,12,15)(H,13,17). The summed E-state index contributed by atoms with van der Waals surface area (Å²) >= 11 is 0. The molecule has 5 N–H and O–H groups in total. The Kier molecular flexibility index (Phi) is 3.98. The van der Waals surface area contributed by atoms with Gasteiger partial charge >= 0.3 is 0 Å². The number of amides is 1. The number of carbonyl (C=O) groups is 1. The molecule has 0 spiro atoms. The summed E-state index contributed by atoms with van der Waals surface area (Å²) < 4.78 is 0. The predicted octanol–water partition coefficient (Wildman–Crippen LogP) is -1.48. The van der Waals surface area contributed by atoms with Crippen molar-refractivity contribution in [3.63, 3.8) is 0 Å². The van der Waals surface area contributed by atoms with Crippen molar-refractivity contribution >= 4 is 5.91 Å². The SMILES string of the molecule is N#Cc1cc(C(O)C(O)CC(N)=O)c[nH]c1=O. The number of nitrogens with two attached hydrogens (primary N) is 1. The lowest BCUT2D eigenvalue weighted by atomic mass is 10.0. The van der Waals surface area contributed by atoms with E-state index in [0.717, 1.165) is 12.3 Å². The highest BCUT2D eigenvalue weighted by atomic mass is 16.3. The molecule has 0 aliphatic carbocycles. The van der Waals surface area contributed by atoms with Crippen molar-refractivity contribution in [1.82, 2.24) is 4.98 Å². The van der Waals surface area contributed by atoms with Gasteiger partial charge < -0.3 is 20.9 Å². The Bertz CT molecular complexity index is 517. The predicted molar refractivity (Wildman–Crippen MR) is 56.6 cm³/mol. The molecule has 7 nitrogen and oxygen atoms in total. The van der Waals surface area contributed by atoms with Gasteiger partial charge in [0.1, 0.15) is 17.7 Å². The van der Waals surface area contributed by atoms with Crippen molar-refractivity contribution in [1.29, 1.82) is 5.26 Å². The summed E-state index contributed by atoms with van der Waals surface area (Å²) in [6.45, 7) is 0. The monoisotopic (exact) mass is 237 g/mol. The van der Waals surface area contributed by atoms with E-state index in [1.165, 1.54) is 0 Å². The summed E-state index contributed by atoms with van der Waals surface area (Å²) in [6.07, 6.45) is -2.03. The van der Waals surface area contributed by atoms with Crippen molar-refractivity contribution in [2.24, 2.45) is 5.73 Å². The van der Waals surface area contributed by atoms with Gasteiger partial charge in [-0.1, -0.05) is 0 Å². The van der Waals surface area contributed by atoms with Crippen LogP contribution in [-0.4, -0.2) is 27.2 Å². The fourth-order valence-corrected chi connectivity index (χ4v) is 1.29. The van der Waals surface area contributed by atoms with Crippen molar-refractivity contribution in [3.8, 4) is 6.07 Å². The Morgan fingerprint density at radius 2 is 2.24 bits per heavy atom. The van der Waals surface area contributed by atoms with Gasteiger partial charge in [-0.25, -0.2) is 0 Å². The number of carbonyl (C=O) groups excluding carboxylic acids is 1. The number of aliphatic hydroxyl groups is 2. The number of aromatic nitrogens is 1. The van der Waals surface area contributed by atoms with Gasteiger partial charge in [-0.15, -0.1) is 0 Å². The summed E-state index contributed by atoms with van der Waals surface area (Å²) in [4.78, 5) is 23.9. The molecule has 0 radical (unpaired) electrons. The van der Waals surface area contributed by atoms with E-state index >= 15 is 0 Å². The highest BCUT2D eigenvalue weighted by Crippen LogP contribution is 2.17. The van der Waals surface area contributed by atoms with Crippen LogP contribution in [-0.2, 0) is 4.79 Å². The third kappa shape index (κ3) is 3.14. The van der Waals surface area contributed by atoms with Crippen molar-refractivity contribution in [3.05, 3.63) is 33.7 Å². The molecule has 1 heterocycles. The smallest absolute Gasteiger partial charge is 0.265 e. The number of H-pyrrole nitrogens is 1. The third-order valence-corrected chi connectivity index (χ3v) is 2.16. The van der Waals surface area contributed by atoms with Gasteiger partial charge in [-0.3, -0.25) is 9.59 Å². The van der Waals surface area contributed by atoms with E-state index in [-0.39, 0.29) is 11.1 Å². The summed E-state index contributed by atoms with van der Waals surface area (Å²) in [5, 5.41) is 27.7. The summed E-state index contributed by atoms with van der Waals surface area (Å²) in [5.41, 5.74) is 4.23. The lowest BCUT2D eigenvalue weighted by molar-refractivity contribution is -0.121. The molecule has 7 heteroatoms. The fraction of sp³-hybridized carbons (Fsp3) is 0.300. The van der Waals surface area contributed by atoms with Crippen LogP contribution in [0.3, 0.4) is 0 Å². The topological polar surface area (TPSA) is 140 Å². The van der Waals surface area contributed by atoms with Crippen LogP contribution in [0.2, 0.25) is 0 Å². The van der Waals surface area contributed by atoms with Crippen molar-refractivity contribution in [2.45, 2.75) is 18.6 Å². The van der Waals surface area contributed by atoms with Crippen molar-refractivity contribution < 1.29 is 15.0 Å². The lowest BCUT2D eigenvalue weighted by Gasteiger charge is -2.16. The molecular formula is C10H11N3O4. The summed E-state index contributed by atoms with van der Waals surface area (Å²) in [5.74, 6) is -0.763. The molecule has 1 amide bonds. The second-order valence-corrected chi connectivity index (χ2v) is 3.47. The van der Waals surface area contributed by atoms with E-state index in [0.29, 0.717) is 0 Å². The maximum atomic E-state index is 11.1. The maximum absolute atomic E-state index is 11.1. The van der Waals surface area contributed by atoms with Gasteiger partial charge in [0.25, 0.3) is 5.56 Å². The molecule has 1 aromatic heterocycles. The Morgan fingerprint density at radius 3 is 2.76 bits per heavy atom. The molecule has 0 saturated heterocycles. The first-order valence-corrected chi connectivity index (χ1v) is 4.73. The zero-order valence-electron chi connectivity index (χ0n) is 8.75. The van der Waals surface area contributed by atoms with Gasteiger partial charge in [-0.2, -0.15) is 5.26 Å². The van der Waals surface area contributed by atoms with E-state index in [1.807, 2.05) is 0 Å². The van der Waals surface area contributed by atoms with Crippen LogP contribution in [0.25, 0.3) is 0 Å². The van der Waals surface area contributed by atoms with Crippen LogP contribution < -0.4 is 11.3 Å². The van der Waals surface area contributed by atoms with E-state index in [4.69, 9.17) is 11.0 Å². The van der Waals surface area contributed by atoms with E-state index in [2.05, 4.69) is 4.98 Å². The van der Waals surface area contributed by atoms with Gasteiger partial charge in [0, 0.05) is 11.8 Å². The van der Waals surface area contributed by atoms with E-state index in [1.54, 1.807) is 6.07 Å². The zero-order valence-corrected chi connectivity index (χ0v) is 8.75. The van der Waals surface area contributed by atoms with Gasteiger partial charge in [-0.05, 0) is 6.07 Å². The average Bonchev–Trinajstić information content (AvgIpc) is 2.27. The highest BCUT2D eigenvalue weighted by Gasteiger charge is 2.21. The number of nitrogens with one attached hydrogen (secondary N) is 1. The van der Waals surface area contributed by atoms with Crippen LogP contribution in [0.1, 0.15) is 23.7 Å². The number of nitrogens with zero attached hydrogens (tertiary/aromatic N) is 1. The van der Waals surface area contributed by atoms with Crippen LogP contribution in [0.5, 0.6) is 0 Å². The Hall–Kier alpha value is -2.17. The molecule has 17 heavy (non-hydrogen) atoms. The molecule has 0 aliphatic rings. The highest BCUT2D eigenvalue weighted by molar-refractivity contribution is 5.74. The number of aliphatic hydroxyl groups excluding tert-OH is 2. The first-order valence-electron chi connectivity index (χ1n) is 4.73. The van der Waals surface area contributed by atoms with Gasteiger partial charge in [0.15, 0.2) is 0 Å². The number of aromatic amines is 1. The number of rotatable bonds is 4. The first kappa shape index (κ1) is 12.9. The second-order valence-electron chi connectivity index (χ2n) is 3.47. The second kappa shape index (κ2) is 5.25. The third-order valence-electron chi connectivity index (χ3n) is 2.16. The summed E-state index contributed by atoms with van der Waals surface area (Å²) in [7, 11) is 0. The molecule has 0 aliphatic heterocycles. The number of hydrogen-bond acceptors (Lipinski definition) is 5. The quantitative estimate of drug-likeness (QED) is 0.505. The molecule has 1 aromatic rings. The first-order chi connectivity index (χ1) is 7.95. The van der Waals surface area contributed by atoms with Crippen LogP contribution >= 0.6 is 0 Å². The number of primary amides is 1. The normalized spacial score (nSPS) is 13.7. The van der Waals surface area contributed by atoms with Gasteiger partial charge in [0.05, 0.1) is 12.5 Å². The molecule has 0 aromatic carbocycles. The molecule has 90 valence electrons. The molecular weight excluding hydrogens is 226 g/mol. The Labute approximate surface area is 96.1 Å². The molecule has 1 rings (SSSR count). The number of hydrogen-bond donors (Lipinski definition) is 4. The molecule has 0 saturated carbocycles. The van der Waals surface area contributed by atoms with Gasteiger partial charge in [0.2, 0.25) is 5.91 Å². The van der Waals surface area contributed by atoms with Crippen LogP contribution in [0.4, 0.5) is 0 Å². The largest absolute Gasteiger partial charge is 0.390 e. The molecule has 0 fully saturated rings. The summed E-state index contributed by atoms with van der Waals surface area (Å²) in [6, 6.07) is 2.79. The van der Waals surface area contributed by atoms with E-state index in [9.17, 15) is 19.8 Å². The van der Waals surface area contributed by atoms with E-state index < -0.39 is 30.1 Å². The molecule has 2 unspecified atom stereocenters. The zero-order chi connectivity index (χ0) is 13.0. The fourth-order valence-electron chi connectivity index (χ4n) is 1.29. The van der Waals surface area contributed by atoms with Crippen LogP contribution in [0.15, 0.2) is 17.1 Å². The molecule has 2 atom stereocenters. The average molecular weight is 237 g/mol. The van der Waals surface area contributed by atoms with Crippen molar-refractivity contribution in [2.75, 3.05) is 0 Å². The molecule has 0 bridgehead atoms. The minimum absolute atomic E-state index is 0.134. The minimum Gasteiger partial charge on any atom is -0.390 e. The minimum atomic E-state index is -1.40. The Morgan fingerprint density at radius 1 is 1.59 bits per heavy atom. The number of nitriles is 1.